The van der Waals surface area contributed by atoms with Crippen molar-refractivity contribution in [3.05, 3.63) is 83.0 Å². The van der Waals surface area contributed by atoms with Crippen LogP contribution in [0.4, 0.5) is 13.2 Å². The van der Waals surface area contributed by atoms with Crippen LogP contribution in [0.25, 0.3) is 16.0 Å². The molecule has 3 heterocycles. The number of carboxylic acid groups (broad SMARTS) is 1. The lowest BCUT2D eigenvalue weighted by Gasteiger charge is -2.32. The van der Waals surface area contributed by atoms with Crippen molar-refractivity contribution < 1.29 is 27.9 Å². The molecular formula is C26H25F3N4O3S. The van der Waals surface area contributed by atoms with Crippen molar-refractivity contribution in [1.29, 1.82) is 0 Å². The third-order valence-corrected chi connectivity index (χ3v) is 7.02. The molecule has 3 N–H and O–H groups in total. The van der Waals surface area contributed by atoms with Crippen molar-refractivity contribution in [2.45, 2.75) is 31.5 Å². The average molecular weight is 531 g/mol. The van der Waals surface area contributed by atoms with E-state index in [0.717, 1.165) is 47.5 Å². The highest BCUT2D eigenvalue weighted by Gasteiger charge is 2.38. The maximum Gasteiger partial charge on any atom is 0.490 e. The zero-order valence-electron chi connectivity index (χ0n) is 19.7. The number of para-hydroxylation sites is 1. The first-order chi connectivity index (χ1) is 17.7. The molecule has 0 radical (unpaired) electrons. The molecule has 1 aliphatic rings. The molecule has 194 valence electrons. The van der Waals surface area contributed by atoms with Crippen molar-refractivity contribution in [3.8, 4) is 5.13 Å². The molecular weight excluding hydrogens is 505 g/mol. The normalized spacial score (nSPS) is 14.3. The summed E-state index contributed by atoms with van der Waals surface area (Å²) >= 11 is 1.57. The van der Waals surface area contributed by atoms with Gasteiger partial charge in [-0.2, -0.15) is 13.2 Å². The Bertz CT molecular complexity index is 1380. The van der Waals surface area contributed by atoms with Gasteiger partial charge in [0.25, 0.3) is 5.91 Å². The molecule has 1 fully saturated rings. The first kappa shape index (κ1) is 26.4. The highest BCUT2D eigenvalue weighted by molar-refractivity contribution is 7.12. The third-order valence-electron chi connectivity index (χ3n) is 6.25. The van der Waals surface area contributed by atoms with Crippen LogP contribution in [-0.2, 0) is 11.3 Å². The number of rotatable bonds is 4. The van der Waals surface area contributed by atoms with Crippen LogP contribution in [0.5, 0.6) is 0 Å². The Kier molecular flexibility index (Phi) is 7.94. The van der Waals surface area contributed by atoms with Crippen LogP contribution < -0.4 is 5.73 Å². The number of fused-ring (bicyclic) bond motifs is 1. The minimum absolute atomic E-state index is 0.107. The fraction of sp³-hybridized carbons (Fsp3) is 0.269. The van der Waals surface area contributed by atoms with Gasteiger partial charge in [0.05, 0.1) is 11.1 Å². The number of carbonyl (C=O) groups excluding carboxylic acids is 1. The van der Waals surface area contributed by atoms with Crippen LogP contribution in [0.1, 0.15) is 40.2 Å². The highest BCUT2D eigenvalue weighted by atomic mass is 32.1. The van der Waals surface area contributed by atoms with Crippen LogP contribution in [-0.4, -0.2) is 50.7 Å². The zero-order valence-corrected chi connectivity index (χ0v) is 20.5. The number of thiazole rings is 1. The Labute approximate surface area is 215 Å². The second-order valence-electron chi connectivity index (χ2n) is 8.56. The molecule has 4 aromatic rings. The van der Waals surface area contributed by atoms with Crippen molar-refractivity contribution in [1.82, 2.24) is 14.5 Å². The summed E-state index contributed by atoms with van der Waals surface area (Å²) in [6.45, 7) is 2.11. The minimum Gasteiger partial charge on any atom is -0.475 e. The van der Waals surface area contributed by atoms with Crippen molar-refractivity contribution in [3.63, 3.8) is 0 Å². The van der Waals surface area contributed by atoms with Crippen LogP contribution in [0.3, 0.4) is 0 Å². The maximum absolute atomic E-state index is 13.4. The number of piperidine rings is 1. The van der Waals surface area contributed by atoms with Gasteiger partial charge in [-0.1, -0.05) is 42.5 Å². The fourth-order valence-electron chi connectivity index (χ4n) is 4.40. The smallest absolute Gasteiger partial charge is 0.475 e. The molecule has 0 unspecified atom stereocenters. The Morgan fingerprint density at radius 2 is 1.81 bits per heavy atom. The lowest BCUT2D eigenvalue weighted by molar-refractivity contribution is -0.192. The van der Waals surface area contributed by atoms with Gasteiger partial charge in [-0.3, -0.25) is 9.36 Å². The van der Waals surface area contributed by atoms with Gasteiger partial charge in [0.1, 0.15) is 0 Å². The predicted octanol–water partition coefficient (Wildman–Crippen LogP) is 5.20. The van der Waals surface area contributed by atoms with Gasteiger partial charge in [-0.25, -0.2) is 9.78 Å². The van der Waals surface area contributed by atoms with Crippen LogP contribution in [0, 0.1) is 0 Å². The summed E-state index contributed by atoms with van der Waals surface area (Å²) < 4.78 is 33.8. The molecule has 11 heteroatoms. The average Bonchev–Trinajstić information content (AvgIpc) is 3.56. The van der Waals surface area contributed by atoms with Crippen molar-refractivity contribution in [2.75, 3.05) is 13.1 Å². The van der Waals surface area contributed by atoms with E-state index in [-0.39, 0.29) is 5.91 Å². The second-order valence-corrected chi connectivity index (χ2v) is 9.44. The molecule has 0 atom stereocenters. The van der Waals surface area contributed by atoms with Gasteiger partial charge in [0, 0.05) is 42.8 Å². The Hall–Kier alpha value is -3.70. The topological polar surface area (TPSA) is 101 Å². The number of amides is 1. The lowest BCUT2D eigenvalue weighted by Crippen LogP contribution is -2.37. The van der Waals surface area contributed by atoms with E-state index in [1.165, 1.54) is 11.1 Å². The van der Waals surface area contributed by atoms with Gasteiger partial charge < -0.3 is 15.7 Å². The number of likely N-dealkylation sites (tertiary alicyclic amines) is 1. The number of carbonyl (C=O) groups is 2. The molecule has 0 spiro atoms. The van der Waals surface area contributed by atoms with Gasteiger partial charge in [0.15, 0.2) is 5.13 Å². The van der Waals surface area contributed by atoms with Crippen LogP contribution in [0.2, 0.25) is 0 Å². The number of aromatic nitrogens is 2. The molecule has 5 rings (SSSR count). The number of halogens is 3. The fourth-order valence-corrected chi connectivity index (χ4v) is 5.03. The molecule has 0 bridgehead atoms. The number of benzene rings is 2. The zero-order chi connectivity index (χ0) is 26.6. The molecule has 0 aliphatic carbocycles. The van der Waals surface area contributed by atoms with E-state index in [4.69, 9.17) is 15.6 Å². The Morgan fingerprint density at radius 3 is 2.43 bits per heavy atom. The second kappa shape index (κ2) is 11.1. The monoisotopic (exact) mass is 530 g/mol. The van der Waals surface area contributed by atoms with E-state index in [9.17, 15) is 18.0 Å². The minimum atomic E-state index is -5.08. The predicted molar refractivity (Wildman–Crippen MR) is 135 cm³/mol. The molecule has 2 aromatic heterocycles. The van der Waals surface area contributed by atoms with Crippen LogP contribution in [0.15, 0.2) is 66.3 Å². The van der Waals surface area contributed by atoms with E-state index in [1.807, 2.05) is 45.3 Å². The molecule has 7 nitrogen and oxygen atoms in total. The highest BCUT2D eigenvalue weighted by Crippen LogP contribution is 2.31. The van der Waals surface area contributed by atoms with Gasteiger partial charge in [-0.15, -0.1) is 11.3 Å². The summed E-state index contributed by atoms with van der Waals surface area (Å²) in [7, 11) is 0. The number of alkyl halides is 3. The van der Waals surface area contributed by atoms with Gasteiger partial charge in [0.2, 0.25) is 0 Å². The first-order valence-electron chi connectivity index (χ1n) is 11.6. The van der Waals surface area contributed by atoms with Crippen molar-refractivity contribution >= 4 is 34.1 Å². The summed E-state index contributed by atoms with van der Waals surface area (Å²) in [5.41, 5.74) is 10.1. The molecule has 1 aliphatic heterocycles. The van der Waals surface area contributed by atoms with E-state index >= 15 is 0 Å². The number of hydrogen-bond acceptors (Lipinski definition) is 5. The third kappa shape index (κ3) is 6.00. The first-order valence-corrected chi connectivity index (χ1v) is 12.4. The maximum atomic E-state index is 13.4. The summed E-state index contributed by atoms with van der Waals surface area (Å²) in [4.78, 5) is 28.7. The summed E-state index contributed by atoms with van der Waals surface area (Å²) in [5, 5.41) is 10.9. The number of carboxylic acids is 1. The quantitative estimate of drug-likeness (QED) is 0.378. The van der Waals surface area contributed by atoms with E-state index in [1.54, 1.807) is 17.5 Å². The SMILES string of the molecule is NCc1cccc(C2CCN(C(=O)c3cn(-c4nccs4)c4ccccc34)CC2)c1.O=C(O)C(F)(F)F. The van der Waals surface area contributed by atoms with Gasteiger partial charge in [-0.05, 0) is 36.0 Å². The number of aliphatic carboxylic acids is 1. The molecule has 2 aromatic carbocycles. The Balaban J connectivity index is 0.000000405. The molecule has 1 amide bonds. The summed E-state index contributed by atoms with van der Waals surface area (Å²) in [6, 6.07) is 16.6. The summed E-state index contributed by atoms with van der Waals surface area (Å²) in [6.07, 6.45) is 0.610. The van der Waals surface area contributed by atoms with Gasteiger partial charge >= 0.3 is 12.1 Å². The lowest BCUT2D eigenvalue weighted by atomic mass is 9.88. The number of nitrogens with two attached hydrogens (primary N) is 1. The standard InChI is InChI=1S/C24H24N4OS.C2HF3O2/c25-15-17-4-3-5-19(14-17)18-8-11-27(12-9-18)23(29)21-16-28(24-26-10-13-30-24)22-7-2-1-6-20(21)22;3-2(4,5)1(6)7/h1-7,10,13-14,16,18H,8-9,11-12,15,25H2;(H,6,7). The van der Waals surface area contributed by atoms with E-state index in [0.29, 0.717) is 12.5 Å². The van der Waals surface area contributed by atoms with E-state index < -0.39 is 12.1 Å². The molecule has 37 heavy (non-hydrogen) atoms. The summed E-state index contributed by atoms with van der Waals surface area (Å²) in [5.74, 6) is -2.17. The van der Waals surface area contributed by atoms with Crippen molar-refractivity contribution in [2.24, 2.45) is 5.73 Å². The number of nitrogens with zero attached hydrogens (tertiary/aromatic N) is 3. The van der Waals surface area contributed by atoms with E-state index in [2.05, 4.69) is 29.2 Å². The molecule has 1 saturated heterocycles. The Morgan fingerprint density at radius 1 is 1.11 bits per heavy atom. The largest absolute Gasteiger partial charge is 0.490 e. The number of hydrogen-bond donors (Lipinski definition) is 2. The van der Waals surface area contributed by atoms with Crippen LogP contribution >= 0.6 is 11.3 Å². The molecule has 0 saturated carbocycles.